The molecule has 2 rings (SSSR count). The van der Waals surface area contributed by atoms with Crippen molar-refractivity contribution in [2.75, 3.05) is 0 Å². The smallest absolute Gasteiger partial charge is 0.128 e. The third kappa shape index (κ3) is 2.57. The molecular weight excluding hydrogens is 287 g/mol. The summed E-state index contributed by atoms with van der Waals surface area (Å²) in [5.74, 6) is 5.94. The van der Waals surface area contributed by atoms with Crippen molar-refractivity contribution in [1.29, 1.82) is 0 Å². The SMILES string of the molecule is Cc1cc(C(NN)c2cc(Br)ccc2F)co1. The molecule has 1 unspecified atom stereocenters. The molecule has 1 aromatic carbocycles. The van der Waals surface area contributed by atoms with E-state index in [1.807, 2.05) is 13.0 Å². The Balaban J connectivity index is 2.45. The molecule has 3 N–H and O–H groups in total. The second kappa shape index (κ2) is 5.00. The third-order valence-electron chi connectivity index (χ3n) is 2.52. The largest absolute Gasteiger partial charge is 0.469 e. The molecule has 3 nitrogen and oxygen atoms in total. The van der Waals surface area contributed by atoms with E-state index in [-0.39, 0.29) is 5.82 Å². The van der Waals surface area contributed by atoms with Crippen LogP contribution < -0.4 is 11.3 Å². The minimum absolute atomic E-state index is 0.310. The number of nitrogens with one attached hydrogen (secondary N) is 1. The van der Waals surface area contributed by atoms with Gasteiger partial charge < -0.3 is 4.42 Å². The van der Waals surface area contributed by atoms with Crippen molar-refractivity contribution in [2.45, 2.75) is 13.0 Å². The highest BCUT2D eigenvalue weighted by Gasteiger charge is 2.18. The standard InChI is InChI=1S/C12H12BrFN2O/c1-7-4-8(6-17-7)12(16-15)10-5-9(13)2-3-11(10)14/h2-6,12,16H,15H2,1H3. The van der Waals surface area contributed by atoms with Crippen LogP contribution in [0.1, 0.15) is 22.9 Å². The summed E-state index contributed by atoms with van der Waals surface area (Å²) in [5, 5.41) is 0. The number of hydrogen-bond donors (Lipinski definition) is 2. The molecule has 0 fully saturated rings. The van der Waals surface area contributed by atoms with E-state index in [0.717, 1.165) is 15.8 Å². The van der Waals surface area contributed by atoms with Crippen LogP contribution in [0, 0.1) is 12.7 Å². The lowest BCUT2D eigenvalue weighted by atomic mass is 10.0. The molecule has 0 spiro atoms. The van der Waals surface area contributed by atoms with Gasteiger partial charge in [-0.2, -0.15) is 0 Å². The fourth-order valence-electron chi connectivity index (χ4n) is 1.72. The number of aryl methyl sites for hydroxylation is 1. The zero-order valence-electron chi connectivity index (χ0n) is 9.21. The molecular formula is C12H12BrFN2O. The highest BCUT2D eigenvalue weighted by Crippen LogP contribution is 2.27. The van der Waals surface area contributed by atoms with Gasteiger partial charge in [0, 0.05) is 15.6 Å². The summed E-state index contributed by atoms with van der Waals surface area (Å²) < 4.78 is 19.8. The lowest BCUT2D eigenvalue weighted by Crippen LogP contribution is -2.29. The third-order valence-corrected chi connectivity index (χ3v) is 3.01. The van der Waals surface area contributed by atoms with Crippen molar-refractivity contribution in [3.05, 3.63) is 57.7 Å². The van der Waals surface area contributed by atoms with Crippen LogP contribution in [0.3, 0.4) is 0 Å². The Hall–Kier alpha value is -1.17. The van der Waals surface area contributed by atoms with Crippen molar-refractivity contribution in [2.24, 2.45) is 5.84 Å². The van der Waals surface area contributed by atoms with Crippen LogP contribution >= 0.6 is 15.9 Å². The number of nitrogens with two attached hydrogens (primary N) is 1. The van der Waals surface area contributed by atoms with Gasteiger partial charge in [0.2, 0.25) is 0 Å². The molecule has 1 atom stereocenters. The molecule has 1 heterocycles. The van der Waals surface area contributed by atoms with E-state index in [2.05, 4.69) is 21.4 Å². The van der Waals surface area contributed by atoms with Crippen LogP contribution in [-0.2, 0) is 0 Å². The number of benzene rings is 1. The van der Waals surface area contributed by atoms with E-state index < -0.39 is 6.04 Å². The van der Waals surface area contributed by atoms with Crippen LogP contribution in [-0.4, -0.2) is 0 Å². The van der Waals surface area contributed by atoms with Crippen molar-refractivity contribution in [3.63, 3.8) is 0 Å². The second-order valence-corrected chi connectivity index (χ2v) is 4.67. The Bertz CT molecular complexity index is 527. The van der Waals surface area contributed by atoms with E-state index in [9.17, 15) is 4.39 Å². The predicted octanol–water partition coefficient (Wildman–Crippen LogP) is 3.04. The molecule has 2 aromatic rings. The number of rotatable bonds is 3. The van der Waals surface area contributed by atoms with Gasteiger partial charge in [-0.05, 0) is 31.2 Å². The molecule has 90 valence electrons. The summed E-state index contributed by atoms with van der Waals surface area (Å²) in [5.41, 5.74) is 3.86. The Morgan fingerprint density at radius 3 is 2.76 bits per heavy atom. The minimum atomic E-state index is -0.426. The Morgan fingerprint density at radius 2 is 2.18 bits per heavy atom. The van der Waals surface area contributed by atoms with E-state index in [4.69, 9.17) is 10.3 Å². The van der Waals surface area contributed by atoms with E-state index >= 15 is 0 Å². The van der Waals surface area contributed by atoms with Gasteiger partial charge in [0.25, 0.3) is 0 Å². The Kier molecular flexibility index (Phi) is 3.61. The molecule has 0 bridgehead atoms. The topological polar surface area (TPSA) is 51.2 Å². The van der Waals surface area contributed by atoms with Gasteiger partial charge in [0.05, 0.1) is 12.3 Å². The van der Waals surface area contributed by atoms with Crippen molar-refractivity contribution in [3.8, 4) is 0 Å². The highest BCUT2D eigenvalue weighted by atomic mass is 79.9. The van der Waals surface area contributed by atoms with Crippen LogP contribution in [0.2, 0.25) is 0 Å². The zero-order chi connectivity index (χ0) is 12.4. The summed E-state index contributed by atoms with van der Waals surface area (Å²) in [7, 11) is 0. The van der Waals surface area contributed by atoms with Gasteiger partial charge in [-0.15, -0.1) is 0 Å². The van der Waals surface area contributed by atoms with Gasteiger partial charge in [-0.25, -0.2) is 9.82 Å². The first kappa shape index (κ1) is 12.3. The van der Waals surface area contributed by atoms with Crippen LogP contribution in [0.5, 0.6) is 0 Å². The van der Waals surface area contributed by atoms with E-state index in [1.165, 1.54) is 6.07 Å². The predicted molar refractivity (Wildman–Crippen MR) is 66.7 cm³/mol. The molecule has 5 heteroatoms. The van der Waals surface area contributed by atoms with E-state index in [1.54, 1.807) is 18.4 Å². The van der Waals surface area contributed by atoms with Crippen molar-refractivity contribution in [1.82, 2.24) is 5.43 Å². The van der Waals surface area contributed by atoms with Crippen LogP contribution in [0.15, 0.2) is 39.4 Å². The lowest BCUT2D eigenvalue weighted by molar-refractivity contribution is 0.520. The summed E-state index contributed by atoms with van der Waals surface area (Å²) >= 11 is 3.31. The first-order valence-corrected chi connectivity index (χ1v) is 5.87. The maximum atomic E-state index is 13.8. The summed E-state index contributed by atoms with van der Waals surface area (Å²) in [6, 6.07) is 6.14. The highest BCUT2D eigenvalue weighted by molar-refractivity contribution is 9.10. The van der Waals surface area contributed by atoms with Gasteiger partial charge in [0.15, 0.2) is 0 Å². The molecule has 0 aliphatic carbocycles. The van der Waals surface area contributed by atoms with Crippen molar-refractivity contribution < 1.29 is 8.81 Å². The monoisotopic (exact) mass is 298 g/mol. The first-order valence-electron chi connectivity index (χ1n) is 5.08. The minimum Gasteiger partial charge on any atom is -0.469 e. The average molecular weight is 299 g/mol. The van der Waals surface area contributed by atoms with Gasteiger partial charge >= 0.3 is 0 Å². The molecule has 0 saturated heterocycles. The molecule has 0 saturated carbocycles. The number of furan rings is 1. The lowest BCUT2D eigenvalue weighted by Gasteiger charge is -2.15. The summed E-state index contributed by atoms with van der Waals surface area (Å²) in [6.07, 6.45) is 1.57. The van der Waals surface area contributed by atoms with E-state index in [0.29, 0.717) is 5.56 Å². The van der Waals surface area contributed by atoms with Gasteiger partial charge in [0.1, 0.15) is 11.6 Å². The average Bonchev–Trinajstić information content (AvgIpc) is 2.71. The Morgan fingerprint density at radius 1 is 1.41 bits per heavy atom. The molecule has 17 heavy (non-hydrogen) atoms. The maximum Gasteiger partial charge on any atom is 0.128 e. The number of hydrazine groups is 1. The maximum absolute atomic E-state index is 13.8. The zero-order valence-corrected chi connectivity index (χ0v) is 10.8. The second-order valence-electron chi connectivity index (χ2n) is 3.76. The molecule has 1 aromatic heterocycles. The van der Waals surface area contributed by atoms with Crippen molar-refractivity contribution >= 4 is 15.9 Å². The summed E-state index contributed by atoms with van der Waals surface area (Å²) in [4.78, 5) is 0. The molecule has 0 aliphatic rings. The van der Waals surface area contributed by atoms with Gasteiger partial charge in [-0.3, -0.25) is 5.84 Å². The summed E-state index contributed by atoms with van der Waals surface area (Å²) in [6.45, 7) is 1.83. The van der Waals surface area contributed by atoms with Crippen LogP contribution in [0.4, 0.5) is 4.39 Å². The Labute approximate surface area is 107 Å². The first-order chi connectivity index (χ1) is 8.11. The normalized spacial score (nSPS) is 12.7. The number of hydrogen-bond acceptors (Lipinski definition) is 3. The molecule has 0 radical (unpaired) electrons. The quantitative estimate of drug-likeness (QED) is 0.676. The molecule has 0 aliphatic heterocycles. The molecule has 0 amide bonds. The fourth-order valence-corrected chi connectivity index (χ4v) is 2.10. The fraction of sp³-hybridized carbons (Fsp3) is 0.167. The van der Waals surface area contributed by atoms with Gasteiger partial charge in [-0.1, -0.05) is 15.9 Å². The van der Waals surface area contributed by atoms with Crippen LogP contribution in [0.25, 0.3) is 0 Å². The number of halogens is 2.